The van der Waals surface area contributed by atoms with Crippen LogP contribution in [0.25, 0.3) is 0 Å². The van der Waals surface area contributed by atoms with E-state index in [2.05, 4.69) is 5.32 Å². The van der Waals surface area contributed by atoms with Gasteiger partial charge in [0.25, 0.3) is 0 Å². The minimum Gasteiger partial charge on any atom is -0.394 e. The van der Waals surface area contributed by atoms with Crippen LogP contribution in [-0.2, 0) is 6.42 Å². The minimum absolute atomic E-state index is 0.0406. The Hall–Kier alpha value is -1.26. The van der Waals surface area contributed by atoms with Crippen molar-refractivity contribution in [1.82, 2.24) is 10.2 Å². The van der Waals surface area contributed by atoms with E-state index in [1.54, 1.807) is 14.0 Å². The maximum Gasteiger partial charge on any atom is 0.317 e. The number of carbonyl (C=O) groups excluding carboxylic acids is 1. The van der Waals surface area contributed by atoms with E-state index < -0.39 is 0 Å². The fraction of sp³-hybridized carbons (Fsp3) is 0.462. The molecule has 0 radical (unpaired) electrons. The summed E-state index contributed by atoms with van der Waals surface area (Å²) in [5, 5.41) is 12.5. The Morgan fingerprint density at radius 3 is 2.61 bits per heavy atom. The first-order chi connectivity index (χ1) is 8.54. The quantitative estimate of drug-likeness (QED) is 0.859. The highest BCUT2D eigenvalue weighted by Gasteiger charge is 2.13. The summed E-state index contributed by atoms with van der Waals surface area (Å²) in [6, 6.07) is 7.19. The number of rotatable bonds is 5. The van der Waals surface area contributed by atoms with Crippen molar-refractivity contribution in [3.8, 4) is 0 Å². The standard InChI is InChI=1S/C13H19ClN2O2/c1-10(9-17)16(2)13(18)15-8-7-11-3-5-12(14)6-4-11/h3-6,10,17H,7-9H2,1-2H3,(H,15,18). The molecule has 2 N–H and O–H groups in total. The molecule has 18 heavy (non-hydrogen) atoms. The van der Waals surface area contributed by atoms with Crippen molar-refractivity contribution < 1.29 is 9.90 Å². The van der Waals surface area contributed by atoms with E-state index in [4.69, 9.17) is 16.7 Å². The van der Waals surface area contributed by atoms with Gasteiger partial charge in [-0.25, -0.2) is 4.79 Å². The molecule has 2 amide bonds. The van der Waals surface area contributed by atoms with Crippen LogP contribution in [0.5, 0.6) is 0 Å². The third-order valence-corrected chi connectivity index (χ3v) is 3.10. The summed E-state index contributed by atoms with van der Waals surface area (Å²) in [4.78, 5) is 13.2. The highest BCUT2D eigenvalue weighted by molar-refractivity contribution is 6.30. The average molecular weight is 271 g/mol. The van der Waals surface area contributed by atoms with Gasteiger partial charge in [-0.15, -0.1) is 0 Å². The van der Waals surface area contributed by atoms with Crippen LogP contribution in [0.3, 0.4) is 0 Å². The summed E-state index contributed by atoms with van der Waals surface area (Å²) < 4.78 is 0. The van der Waals surface area contributed by atoms with Gasteiger partial charge < -0.3 is 15.3 Å². The van der Waals surface area contributed by atoms with Gasteiger partial charge in [-0.05, 0) is 31.0 Å². The number of benzene rings is 1. The van der Waals surface area contributed by atoms with Crippen LogP contribution in [0.1, 0.15) is 12.5 Å². The first-order valence-corrected chi connectivity index (χ1v) is 6.28. The minimum atomic E-state index is -0.180. The van der Waals surface area contributed by atoms with Gasteiger partial charge in [-0.1, -0.05) is 23.7 Å². The van der Waals surface area contributed by atoms with Crippen LogP contribution < -0.4 is 5.32 Å². The van der Waals surface area contributed by atoms with Gasteiger partial charge in [0.2, 0.25) is 0 Å². The Morgan fingerprint density at radius 1 is 1.44 bits per heavy atom. The van der Waals surface area contributed by atoms with E-state index in [0.29, 0.717) is 11.6 Å². The fourth-order valence-electron chi connectivity index (χ4n) is 1.41. The molecule has 0 aliphatic rings. The van der Waals surface area contributed by atoms with Gasteiger partial charge in [0, 0.05) is 18.6 Å². The lowest BCUT2D eigenvalue weighted by Gasteiger charge is -2.23. The monoisotopic (exact) mass is 270 g/mol. The molecule has 100 valence electrons. The molecule has 0 aromatic heterocycles. The van der Waals surface area contributed by atoms with Crippen LogP contribution in [0.2, 0.25) is 5.02 Å². The van der Waals surface area contributed by atoms with E-state index in [-0.39, 0.29) is 18.7 Å². The number of hydrogen-bond acceptors (Lipinski definition) is 2. The van der Waals surface area contributed by atoms with Crippen LogP contribution in [0.15, 0.2) is 24.3 Å². The van der Waals surface area contributed by atoms with E-state index in [1.807, 2.05) is 24.3 Å². The third-order valence-electron chi connectivity index (χ3n) is 2.85. The Kier molecular flexibility index (Phi) is 5.95. The summed E-state index contributed by atoms with van der Waals surface area (Å²) in [5.41, 5.74) is 1.12. The molecule has 0 saturated carbocycles. The molecule has 0 spiro atoms. The SMILES string of the molecule is CC(CO)N(C)C(=O)NCCc1ccc(Cl)cc1. The lowest BCUT2D eigenvalue weighted by Crippen LogP contribution is -2.44. The average Bonchev–Trinajstić information content (AvgIpc) is 2.39. The molecule has 1 aromatic rings. The van der Waals surface area contributed by atoms with Gasteiger partial charge in [-0.3, -0.25) is 0 Å². The molecule has 0 saturated heterocycles. The fourth-order valence-corrected chi connectivity index (χ4v) is 1.54. The van der Waals surface area contributed by atoms with Crippen LogP contribution in [-0.4, -0.2) is 42.3 Å². The Balaban J connectivity index is 2.33. The van der Waals surface area contributed by atoms with Crippen molar-refractivity contribution >= 4 is 17.6 Å². The molecular weight excluding hydrogens is 252 g/mol. The largest absolute Gasteiger partial charge is 0.394 e. The van der Waals surface area contributed by atoms with Crippen LogP contribution in [0, 0.1) is 0 Å². The molecule has 0 aliphatic heterocycles. The first kappa shape index (κ1) is 14.8. The van der Waals surface area contributed by atoms with Crippen molar-refractivity contribution in [2.75, 3.05) is 20.2 Å². The lowest BCUT2D eigenvalue weighted by atomic mass is 10.1. The van der Waals surface area contributed by atoms with Crippen LogP contribution >= 0.6 is 11.6 Å². The van der Waals surface area contributed by atoms with Gasteiger partial charge in [-0.2, -0.15) is 0 Å². The number of halogens is 1. The third kappa shape index (κ3) is 4.55. The first-order valence-electron chi connectivity index (χ1n) is 5.90. The van der Waals surface area contributed by atoms with E-state index in [0.717, 1.165) is 12.0 Å². The van der Waals surface area contributed by atoms with E-state index in [9.17, 15) is 4.79 Å². The predicted molar refractivity (Wildman–Crippen MR) is 72.9 cm³/mol. The molecule has 1 aromatic carbocycles. The molecule has 0 bridgehead atoms. The van der Waals surface area contributed by atoms with Crippen molar-refractivity contribution in [3.05, 3.63) is 34.9 Å². The molecule has 1 unspecified atom stereocenters. The molecule has 4 nitrogen and oxygen atoms in total. The second-order valence-corrected chi connectivity index (χ2v) is 4.69. The molecule has 0 heterocycles. The molecule has 1 atom stereocenters. The smallest absolute Gasteiger partial charge is 0.317 e. The summed E-state index contributed by atoms with van der Waals surface area (Å²) in [5.74, 6) is 0. The molecular formula is C13H19ClN2O2. The van der Waals surface area contributed by atoms with Gasteiger partial charge in [0.05, 0.1) is 12.6 Å². The Bertz CT molecular complexity index is 381. The summed E-state index contributed by atoms with van der Waals surface area (Å²) in [6.45, 7) is 2.31. The summed E-state index contributed by atoms with van der Waals surface area (Å²) >= 11 is 5.79. The number of aliphatic hydroxyl groups excluding tert-OH is 1. The normalized spacial score (nSPS) is 12.0. The van der Waals surface area contributed by atoms with Crippen molar-refractivity contribution in [2.24, 2.45) is 0 Å². The Labute approximate surface area is 113 Å². The van der Waals surface area contributed by atoms with E-state index in [1.165, 1.54) is 4.90 Å². The number of carbonyl (C=O) groups is 1. The lowest BCUT2D eigenvalue weighted by molar-refractivity contribution is 0.157. The van der Waals surface area contributed by atoms with Crippen molar-refractivity contribution in [1.29, 1.82) is 0 Å². The second kappa shape index (κ2) is 7.24. The topological polar surface area (TPSA) is 52.6 Å². The van der Waals surface area contributed by atoms with Gasteiger partial charge in [0.1, 0.15) is 0 Å². The number of hydrogen-bond donors (Lipinski definition) is 2. The zero-order chi connectivity index (χ0) is 13.5. The maximum atomic E-state index is 11.7. The zero-order valence-electron chi connectivity index (χ0n) is 10.7. The molecule has 0 fully saturated rings. The number of nitrogens with zero attached hydrogens (tertiary/aromatic N) is 1. The highest BCUT2D eigenvalue weighted by atomic mass is 35.5. The zero-order valence-corrected chi connectivity index (χ0v) is 11.4. The van der Waals surface area contributed by atoms with E-state index >= 15 is 0 Å². The number of urea groups is 1. The van der Waals surface area contributed by atoms with Crippen LogP contribution in [0.4, 0.5) is 4.79 Å². The number of amides is 2. The molecule has 1 rings (SSSR count). The predicted octanol–water partition coefficient (Wildman–Crippen LogP) is 1.90. The number of nitrogens with one attached hydrogen (secondary N) is 1. The molecule has 0 aliphatic carbocycles. The maximum absolute atomic E-state index is 11.7. The van der Waals surface area contributed by atoms with Crippen molar-refractivity contribution in [2.45, 2.75) is 19.4 Å². The summed E-state index contributed by atoms with van der Waals surface area (Å²) in [6.07, 6.45) is 0.754. The second-order valence-electron chi connectivity index (χ2n) is 4.25. The Morgan fingerprint density at radius 2 is 2.06 bits per heavy atom. The molecule has 5 heteroatoms. The highest BCUT2D eigenvalue weighted by Crippen LogP contribution is 2.09. The summed E-state index contributed by atoms with van der Waals surface area (Å²) in [7, 11) is 1.67. The number of aliphatic hydroxyl groups is 1. The van der Waals surface area contributed by atoms with Gasteiger partial charge in [0.15, 0.2) is 0 Å². The van der Waals surface area contributed by atoms with Gasteiger partial charge >= 0.3 is 6.03 Å². The number of likely N-dealkylation sites (N-methyl/N-ethyl adjacent to an activating group) is 1. The van der Waals surface area contributed by atoms with Crippen molar-refractivity contribution in [3.63, 3.8) is 0 Å².